The van der Waals surface area contributed by atoms with Crippen LogP contribution in [0.25, 0.3) is 0 Å². The van der Waals surface area contributed by atoms with E-state index in [1.54, 1.807) is 51.1 Å². The summed E-state index contributed by atoms with van der Waals surface area (Å²) in [6.45, 7) is 11.3. The normalized spacial score (nSPS) is 15.9. The van der Waals surface area contributed by atoms with Crippen LogP contribution < -0.4 is 9.46 Å². The van der Waals surface area contributed by atoms with Crippen molar-refractivity contribution in [1.82, 2.24) is 4.72 Å². The predicted octanol–water partition coefficient (Wildman–Crippen LogP) is 3.91. The Balaban J connectivity index is 2.09. The summed E-state index contributed by atoms with van der Waals surface area (Å²) >= 11 is 0. The lowest BCUT2D eigenvalue weighted by Gasteiger charge is -2.22. The van der Waals surface area contributed by atoms with Gasteiger partial charge in [0.05, 0.1) is 11.5 Å². The van der Waals surface area contributed by atoms with Gasteiger partial charge in [-0.15, -0.1) is 0 Å². The minimum Gasteiger partial charge on any atom is -0.487 e. The minimum atomic E-state index is -4.02. The van der Waals surface area contributed by atoms with Gasteiger partial charge < -0.3 is 9.47 Å². The third-order valence-corrected chi connectivity index (χ3v) is 7.18. The van der Waals surface area contributed by atoms with E-state index in [2.05, 4.69) is 4.72 Å². The van der Waals surface area contributed by atoms with Gasteiger partial charge in [-0.3, -0.25) is 0 Å². The first kappa shape index (κ1) is 22.3. The summed E-state index contributed by atoms with van der Waals surface area (Å²) in [6.07, 6.45) is 0.623. The van der Waals surface area contributed by atoms with Crippen molar-refractivity contribution in [2.75, 3.05) is 6.61 Å². The highest BCUT2D eigenvalue weighted by Gasteiger charge is 2.38. The number of fused-ring (bicyclic) bond motifs is 1. The SMILES string of the molecule is CCOC(=O)[C@@H](NS(=O)(=O)c1c(C)c(C)c2c(c1C)CC(C)(C)O2)c1ccccc1. The predicted molar refractivity (Wildman–Crippen MR) is 115 cm³/mol. The van der Waals surface area contributed by atoms with Crippen molar-refractivity contribution in [2.45, 2.75) is 64.5 Å². The maximum absolute atomic E-state index is 13.5. The van der Waals surface area contributed by atoms with Gasteiger partial charge in [-0.1, -0.05) is 30.3 Å². The first-order chi connectivity index (χ1) is 14.0. The molecule has 3 rings (SSSR count). The largest absolute Gasteiger partial charge is 0.487 e. The molecule has 0 amide bonds. The van der Waals surface area contributed by atoms with Crippen LogP contribution in [0.2, 0.25) is 0 Å². The summed E-state index contributed by atoms with van der Waals surface area (Å²) in [5, 5.41) is 0. The molecule has 0 radical (unpaired) electrons. The maximum Gasteiger partial charge on any atom is 0.328 e. The lowest BCUT2D eigenvalue weighted by molar-refractivity contribution is -0.145. The number of esters is 1. The average molecular weight is 432 g/mol. The van der Waals surface area contributed by atoms with Gasteiger partial charge in [-0.2, -0.15) is 4.72 Å². The molecule has 162 valence electrons. The van der Waals surface area contributed by atoms with Crippen LogP contribution in [-0.4, -0.2) is 26.6 Å². The molecule has 30 heavy (non-hydrogen) atoms. The molecule has 1 heterocycles. The van der Waals surface area contributed by atoms with E-state index in [0.717, 1.165) is 16.9 Å². The molecular formula is C23H29NO5S. The van der Waals surface area contributed by atoms with E-state index in [-0.39, 0.29) is 11.5 Å². The molecule has 0 saturated heterocycles. The molecular weight excluding hydrogens is 402 g/mol. The van der Waals surface area contributed by atoms with Crippen LogP contribution in [0.4, 0.5) is 0 Å². The Morgan fingerprint density at radius 1 is 1.13 bits per heavy atom. The van der Waals surface area contributed by atoms with Crippen LogP contribution >= 0.6 is 0 Å². The van der Waals surface area contributed by atoms with Gasteiger partial charge in [0.1, 0.15) is 17.4 Å². The van der Waals surface area contributed by atoms with Crippen molar-refractivity contribution >= 4 is 16.0 Å². The van der Waals surface area contributed by atoms with Gasteiger partial charge in [0.25, 0.3) is 0 Å². The molecule has 0 aromatic heterocycles. The van der Waals surface area contributed by atoms with E-state index < -0.39 is 27.6 Å². The molecule has 0 bridgehead atoms. The Bertz CT molecular complexity index is 1070. The van der Waals surface area contributed by atoms with E-state index in [0.29, 0.717) is 23.1 Å². The van der Waals surface area contributed by atoms with Crippen molar-refractivity contribution in [3.63, 3.8) is 0 Å². The fraction of sp³-hybridized carbons (Fsp3) is 0.435. The van der Waals surface area contributed by atoms with E-state index in [9.17, 15) is 13.2 Å². The standard InChI is InChI=1S/C23H29NO5S/c1-7-28-22(25)19(17-11-9-8-10-12-17)24-30(26,27)21-15(3)14(2)20-18(16(21)4)13-23(5,6)29-20/h8-12,19,24H,7,13H2,1-6H3/t19-/m0/s1. The van der Waals surface area contributed by atoms with E-state index in [1.807, 2.05) is 20.8 Å². The number of hydrogen-bond acceptors (Lipinski definition) is 5. The molecule has 1 N–H and O–H groups in total. The van der Waals surface area contributed by atoms with Gasteiger partial charge >= 0.3 is 5.97 Å². The smallest absolute Gasteiger partial charge is 0.328 e. The first-order valence-corrected chi connectivity index (χ1v) is 11.5. The fourth-order valence-corrected chi connectivity index (χ4v) is 5.73. The zero-order chi connectivity index (χ0) is 22.3. The maximum atomic E-state index is 13.5. The van der Waals surface area contributed by atoms with Crippen LogP contribution in [0.1, 0.15) is 54.6 Å². The van der Waals surface area contributed by atoms with Crippen molar-refractivity contribution in [3.05, 3.63) is 58.1 Å². The van der Waals surface area contributed by atoms with Gasteiger partial charge in [0.2, 0.25) is 10.0 Å². The summed E-state index contributed by atoms with van der Waals surface area (Å²) < 4.78 is 40.9. The van der Waals surface area contributed by atoms with E-state index >= 15 is 0 Å². The molecule has 2 aromatic carbocycles. The molecule has 7 heteroatoms. The molecule has 0 saturated carbocycles. The van der Waals surface area contributed by atoms with Crippen LogP contribution in [0, 0.1) is 20.8 Å². The second-order valence-corrected chi connectivity index (χ2v) is 9.92. The number of benzene rings is 2. The van der Waals surface area contributed by atoms with Crippen molar-refractivity contribution < 1.29 is 22.7 Å². The van der Waals surface area contributed by atoms with E-state index in [4.69, 9.17) is 9.47 Å². The summed E-state index contributed by atoms with van der Waals surface area (Å²) in [4.78, 5) is 12.8. The number of carbonyl (C=O) groups is 1. The highest BCUT2D eigenvalue weighted by Crippen LogP contribution is 2.43. The quantitative estimate of drug-likeness (QED) is 0.702. The zero-order valence-corrected chi connectivity index (χ0v) is 19.1. The molecule has 2 aromatic rings. The molecule has 0 unspecified atom stereocenters. The Labute approximate surface area is 178 Å². The second kappa shape index (κ2) is 8.04. The summed E-state index contributed by atoms with van der Waals surface area (Å²) in [7, 11) is -4.02. The second-order valence-electron chi connectivity index (χ2n) is 8.27. The summed E-state index contributed by atoms with van der Waals surface area (Å²) in [5.74, 6) is 0.129. The Morgan fingerprint density at radius 2 is 1.77 bits per heavy atom. The third kappa shape index (κ3) is 4.09. The number of sulfonamides is 1. The number of nitrogens with one attached hydrogen (secondary N) is 1. The topological polar surface area (TPSA) is 81.7 Å². The Morgan fingerprint density at radius 3 is 2.37 bits per heavy atom. The molecule has 0 spiro atoms. The highest BCUT2D eigenvalue weighted by atomic mass is 32.2. The third-order valence-electron chi connectivity index (χ3n) is 5.49. The Kier molecular flexibility index (Phi) is 5.98. The fourth-order valence-electron chi connectivity index (χ4n) is 3.99. The number of hydrogen-bond donors (Lipinski definition) is 1. The molecule has 0 aliphatic carbocycles. The molecule has 1 aliphatic rings. The average Bonchev–Trinajstić information content (AvgIpc) is 3.01. The monoisotopic (exact) mass is 431 g/mol. The van der Waals surface area contributed by atoms with Crippen molar-refractivity contribution in [1.29, 1.82) is 0 Å². The minimum absolute atomic E-state index is 0.159. The van der Waals surface area contributed by atoms with Crippen LogP contribution in [0.15, 0.2) is 35.2 Å². The number of ether oxygens (including phenoxy) is 2. The van der Waals surface area contributed by atoms with Crippen LogP contribution in [0.3, 0.4) is 0 Å². The number of carbonyl (C=O) groups excluding carboxylic acids is 1. The molecule has 0 fully saturated rings. The van der Waals surface area contributed by atoms with Gasteiger partial charge in [0, 0.05) is 12.0 Å². The molecule has 1 atom stereocenters. The highest BCUT2D eigenvalue weighted by molar-refractivity contribution is 7.89. The summed E-state index contributed by atoms with van der Waals surface area (Å²) in [6, 6.07) is 7.59. The van der Waals surface area contributed by atoms with Gasteiger partial charge in [0.15, 0.2) is 0 Å². The molecule has 1 aliphatic heterocycles. The Hall–Kier alpha value is -2.38. The van der Waals surface area contributed by atoms with Crippen molar-refractivity contribution in [3.8, 4) is 5.75 Å². The van der Waals surface area contributed by atoms with Gasteiger partial charge in [-0.05, 0) is 63.8 Å². The van der Waals surface area contributed by atoms with Crippen LogP contribution in [0.5, 0.6) is 5.75 Å². The summed E-state index contributed by atoms with van der Waals surface area (Å²) in [5.41, 5.74) is 3.11. The first-order valence-electron chi connectivity index (χ1n) is 10.0. The lowest BCUT2D eigenvalue weighted by Crippen LogP contribution is -2.35. The van der Waals surface area contributed by atoms with E-state index in [1.165, 1.54) is 0 Å². The van der Waals surface area contributed by atoms with Crippen LogP contribution in [-0.2, 0) is 26.0 Å². The lowest BCUT2D eigenvalue weighted by atomic mass is 9.94. The zero-order valence-electron chi connectivity index (χ0n) is 18.3. The number of rotatable bonds is 6. The van der Waals surface area contributed by atoms with Gasteiger partial charge in [-0.25, -0.2) is 13.2 Å². The molecule has 6 nitrogen and oxygen atoms in total. The van der Waals surface area contributed by atoms with Crippen molar-refractivity contribution in [2.24, 2.45) is 0 Å².